The number of methoxy groups -OCH3 is 1. The number of alkyl halides is 1. The summed E-state index contributed by atoms with van der Waals surface area (Å²) >= 11 is 6.36. The van der Waals surface area contributed by atoms with Crippen LogP contribution in [0, 0.1) is 11.3 Å². The van der Waals surface area contributed by atoms with E-state index in [-0.39, 0.29) is 5.41 Å². The third kappa shape index (κ3) is 2.48. The van der Waals surface area contributed by atoms with E-state index in [0.717, 1.165) is 31.1 Å². The fourth-order valence-electron chi connectivity index (χ4n) is 3.35. The van der Waals surface area contributed by atoms with Crippen LogP contribution in [0.25, 0.3) is 0 Å². The van der Waals surface area contributed by atoms with Crippen molar-refractivity contribution in [2.24, 2.45) is 11.3 Å². The summed E-state index contributed by atoms with van der Waals surface area (Å²) in [5.74, 6) is 2.37. The van der Waals surface area contributed by atoms with E-state index in [0.29, 0.717) is 12.0 Å². The van der Waals surface area contributed by atoms with Crippen molar-refractivity contribution in [2.75, 3.05) is 19.6 Å². The van der Waals surface area contributed by atoms with Crippen LogP contribution in [0.1, 0.15) is 24.8 Å². The highest BCUT2D eigenvalue weighted by Crippen LogP contribution is 2.50. The molecule has 104 valence electrons. The molecule has 0 spiro atoms. The molecule has 1 heterocycles. The Morgan fingerprint density at radius 3 is 2.84 bits per heavy atom. The van der Waals surface area contributed by atoms with E-state index in [2.05, 4.69) is 12.1 Å². The van der Waals surface area contributed by atoms with E-state index in [1.807, 2.05) is 12.1 Å². The molecule has 3 rings (SSSR count). The zero-order chi connectivity index (χ0) is 13.3. The van der Waals surface area contributed by atoms with Crippen molar-refractivity contribution >= 4 is 11.6 Å². The molecule has 0 radical (unpaired) electrons. The number of para-hydroxylation sites is 1. The Morgan fingerprint density at radius 1 is 1.37 bits per heavy atom. The number of benzene rings is 1. The molecule has 19 heavy (non-hydrogen) atoms. The smallest absolute Gasteiger partial charge is 0.122 e. The van der Waals surface area contributed by atoms with Gasteiger partial charge in [0, 0.05) is 17.9 Å². The van der Waals surface area contributed by atoms with Gasteiger partial charge in [-0.1, -0.05) is 18.2 Å². The zero-order valence-corrected chi connectivity index (χ0v) is 12.2. The summed E-state index contributed by atoms with van der Waals surface area (Å²) in [7, 11) is 1.73. The van der Waals surface area contributed by atoms with Gasteiger partial charge >= 0.3 is 0 Å². The SMILES string of the molecule is COc1ccccc1CC1(CCl)CCOC1C1CC1. The van der Waals surface area contributed by atoms with Crippen molar-refractivity contribution in [1.29, 1.82) is 0 Å². The van der Waals surface area contributed by atoms with Gasteiger partial charge in [0.25, 0.3) is 0 Å². The molecular formula is C16H21ClO2. The Balaban J connectivity index is 1.86. The van der Waals surface area contributed by atoms with Gasteiger partial charge in [-0.25, -0.2) is 0 Å². The van der Waals surface area contributed by atoms with Crippen LogP contribution in [-0.2, 0) is 11.2 Å². The Bertz CT molecular complexity index is 444. The molecule has 0 N–H and O–H groups in total. The first-order chi connectivity index (χ1) is 9.29. The quantitative estimate of drug-likeness (QED) is 0.767. The average molecular weight is 281 g/mol. The van der Waals surface area contributed by atoms with E-state index in [4.69, 9.17) is 21.1 Å². The van der Waals surface area contributed by atoms with Crippen LogP contribution < -0.4 is 4.74 Å². The predicted octanol–water partition coefficient (Wildman–Crippen LogP) is 3.66. The van der Waals surface area contributed by atoms with Crippen LogP contribution in [0.2, 0.25) is 0 Å². The van der Waals surface area contributed by atoms with Gasteiger partial charge in [-0.15, -0.1) is 11.6 Å². The lowest BCUT2D eigenvalue weighted by molar-refractivity contribution is 0.0401. The van der Waals surface area contributed by atoms with Crippen molar-refractivity contribution in [3.63, 3.8) is 0 Å². The zero-order valence-electron chi connectivity index (χ0n) is 11.4. The van der Waals surface area contributed by atoms with Crippen molar-refractivity contribution in [3.05, 3.63) is 29.8 Å². The van der Waals surface area contributed by atoms with Crippen LogP contribution in [0.4, 0.5) is 0 Å². The minimum Gasteiger partial charge on any atom is -0.496 e. The van der Waals surface area contributed by atoms with E-state index >= 15 is 0 Å². The van der Waals surface area contributed by atoms with Crippen LogP contribution in [0.15, 0.2) is 24.3 Å². The lowest BCUT2D eigenvalue weighted by Crippen LogP contribution is -2.36. The standard InChI is InChI=1S/C16H21ClO2/c1-18-14-5-3-2-4-13(14)10-16(11-17)8-9-19-15(16)12-6-7-12/h2-5,12,15H,6-11H2,1H3. The fourth-order valence-corrected chi connectivity index (χ4v) is 3.73. The predicted molar refractivity (Wildman–Crippen MR) is 76.9 cm³/mol. The maximum atomic E-state index is 6.36. The molecule has 0 aromatic heterocycles. The van der Waals surface area contributed by atoms with Crippen LogP contribution in [-0.4, -0.2) is 25.7 Å². The average Bonchev–Trinajstić information content (AvgIpc) is 3.21. The highest BCUT2D eigenvalue weighted by Gasteiger charge is 2.50. The van der Waals surface area contributed by atoms with Crippen LogP contribution in [0.3, 0.4) is 0 Å². The minimum absolute atomic E-state index is 0.0946. The van der Waals surface area contributed by atoms with Gasteiger partial charge in [0.15, 0.2) is 0 Å². The largest absolute Gasteiger partial charge is 0.496 e. The molecule has 3 heteroatoms. The van der Waals surface area contributed by atoms with Gasteiger partial charge in [-0.05, 0) is 43.2 Å². The highest BCUT2D eigenvalue weighted by atomic mass is 35.5. The van der Waals surface area contributed by atoms with Crippen LogP contribution in [0.5, 0.6) is 5.75 Å². The molecule has 1 aliphatic heterocycles. The van der Waals surface area contributed by atoms with E-state index in [1.165, 1.54) is 18.4 Å². The fraction of sp³-hybridized carbons (Fsp3) is 0.625. The van der Waals surface area contributed by atoms with Crippen LogP contribution >= 0.6 is 11.6 Å². The molecule has 2 atom stereocenters. The summed E-state index contributed by atoms with van der Waals surface area (Å²) in [6.45, 7) is 0.850. The van der Waals surface area contributed by atoms with E-state index < -0.39 is 0 Å². The first kappa shape index (κ1) is 13.3. The molecule has 2 fully saturated rings. The Hall–Kier alpha value is -0.730. The monoisotopic (exact) mass is 280 g/mol. The summed E-state index contributed by atoms with van der Waals surface area (Å²) in [5.41, 5.74) is 1.35. The summed E-state index contributed by atoms with van der Waals surface area (Å²) in [4.78, 5) is 0. The van der Waals surface area contributed by atoms with Gasteiger partial charge in [0.2, 0.25) is 0 Å². The normalized spacial score (nSPS) is 30.5. The molecule has 0 bridgehead atoms. The molecule has 0 amide bonds. The summed E-state index contributed by atoms with van der Waals surface area (Å²) in [6.07, 6.45) is 4.97. The second kappa shape index (κ2) is 5.34. The molecular weight excluding hydrogens is 260 g/mol. The number of hydrogen-bond acceptors (Lipinski definition) is 2. The number of hydrogen-bond donors (Lipinski definition) is 0. The molecule has 1 saturated heterocycles. The second-order valence-electron chi connectivity index (χ2n) is 5.86. The number of halogens is 1. The lowest BCUT2D eigenvalue weighted by atomic mass is 9.75. The van der Waals surface area contributed by atoms with Crippen molar-refractivity contribution in [2.45, 2.75) is 31.8 Å². The molecule has 1 saturated carbocycles. The Kier molecular flexibility index (Phi) is 3.72. The first-order valence-corrected chi connectivity index (χ1v) is 7.62. The third-order valence-corrected chi connectivity index (χ3v) is 5.08. The topological polar surface area (TPSA) is 18.5 Å². The minimum atomic E-state index is 0.0946. The summed E-state index contributed by atoms with van der Waals surface area (Å²) in [6, 6.07) is 8.26. The molecule has 2 unspecified atom stereocenters. The van der Waals surface area contributed by atoms with Gasteiger partial charge in [-0.3, -0.25) is 0 Å². The third-order valence-electron chi connectivity index (χ3n) is 4.55. The molecule has 2 aliphatic rings. The lowest BCUT2D eigenvalue weighted by Gasteiger charge is -2.33. The van der Waals surface area contributed by atoms with Crippen molar-refractivity contribution in [1.82, 2.24) is 0 Å². The van der Waals surface area contributed by atoms with Crippen molar-refractivity contribution < 1.29 is 9.47 Å². The van der Waals surface area contributed by atoms with Gasteiger partial charge in [-0.2, -0.15) is 0 Å². The van der Waals surface area contributed by atoms with Crippen molar-refractivity contribution in [3.8, 4) is 5.75 Å². The maximum Gasteiger partial charge on any atom is 0.122 e. The van der Waals surface area contributed by atoms with E-state index in [9.17, 15) is 0 Å². The Morgan fingerprint density at radius 2 is 2.16 bits per heavy atom. The molecule has 1 aliphatic carbocycles. The van der Waals surface area contributed by atoms with E-state index in [1.54, 1.807) is 7.11 Å². The number of rotatable bonds is 5. The first-order valence-electron chi connectivity index (χ1n) is 7.08. The molecule has 1 aromatic carbocycles. The summed E-state index contributed by atoms with van der Waals surface area (Å²) < 4.78 is 11.5. The second-order valence-corrected chi connectivity index (χ2v) is 6.13. The van der Waals surface area contributed by atoms with Gasteiger partial charge in [0.1, 0.15) is 5.75 Å². The van der Waals surface area contributed by atoms with Gasteiger partial charge < -0.3 is 9.47 Å². The molecule has 2 nitrogen and oxygen atoms in total. The summed E-state index contributed by atoms with van der Waals surface area (Å²) in [5, 5.41) is 0. The Labute approximate surface area is 120 Å². The maximum absolute atomic E-state index is 6.36. The van der Waals surface area contributed by atoms with Gasteiger partial charge in [0.05, 0.1) is 13.2 Å². The molecule has 1 aromatic rings. The number of ether oxygens (including phenoxy) is 2. The highest BCUT2D eigenvalue weighted by molar-refractivity contribution is 6.18.